The van der Waals surface area contributed by atoms with Gasteiger partial charge in [-0.25, -0.2) is 8.78 Å². The molecule has 0 radical (unpaired) electrons. The van der Waals surface area contributed by atoms with Crippen LogP contribution in [0.3, 0.4) is 0 Å². The number of aryl methyl sites for hydroxylation is 1. The number of fused-ring (bicyclic) bond motifs is 1. The number of benzene rings is 2. The second-order valence-corrected chi connectivity index (χ2v) is 7.26. The van der Waals surface area contributed by atoms with Crippen LogP contribution in [0, 0.1) is 18.6 Å². The summed E-state index contributed by atoms with van der Waals surface area (Å²) in [5.74, 6) is -2.64. The highest BCUT2D eigenvalue weighted by atomic mass is 19.1. The molecule has 0 aliphatic heterocycles. The van der Waals surface area contributed by atoms with Crippen molar-refractivity contribution in [1.82, 2.24) is 9.55 Å². The van der Waals surface area contributed by atoms with Gasteiger partial charge in [-0.2, -0.15) is 0 Å². The summed E-state index contributed by atoms with van der Waals surface area (Å²) in [7, 11) is 0. The van der Waals surface area contributed by atoms with Crippen molar-refractivity contribution in [2.75, 3.05) is 5.32 Å². The van der Waals surface area contributed by atoms with E-state index in [4.69, 9.17) is 0 Å². The molecule has 8 heteroatoms. The molecule has 0 saturated carbocycles. The van der Waals surface area contributed by atoms with Gasteiger partial charge < -0.3 is 9.88 Å². The number of halogens is 2. The summed E-state index contributed by atoms with van der Waals surface area (Å²) in [4.78, 5) is 42.5. The number of aromatic nitrogens is 2. The minimum Gasteiger partial charge on any atom is -0.337 e. The molecule has 0 bridgehead atoms. The molecule has 160 valence electrons. The number of rotatable bonds is 5. The van der Waals surface area contributed by atoms with Crippen molar-refractivity contribution in [1.29, 1.82) is 0 Å². The fourth-order valence-corrected chi connectivity index (χ4v) is 3.40. The first-order chi connectivity index (χ1) is 15.3. The minimum absolute atomic E-state index is 0.112. The summed E-state index contributed by atoms with van der Waals surface area (Å²) < 4.78 is 28.8. The number of amides is 1. The van der Waals surface area contributed by atoms with Crippen LogP contribution >= 0.6 is 0 Å². The van der Waals surface area contributed by atoms with Gasteiger partial charge in [-0.05, 0) is 43.3 Å². The van der Waals surface area contributed by atoms with Crippen molar-refractivity contribution in [3.8, 4) is 0 Å². The van der Waals surface area contributed by atoms with Crippen LogP contribution in [-0.4, -0.2) is 21.2 Å². The summed E-state index contributed by atoms with van der Waals surface area (Å²) >= 11 is 0. The van der Waals surface area contributed by atoms with E-state index in [-0.39, 0.29) is 28.7 Å². The van der Waals surface area contributed by atoms with Crippen molar-refractivity contribution >= 4 is 28.3 Å². The van der Waals surface area contributed by atoms with Gasteiger partial charge in [0.05, 0.1) is 16.8 Å². The van der Waals surface area contributed by atoms with Crippen LogP contribution < -0.4 is 10.7 Å². The Morgan fingerprint density at radius 2 is 1.78 bits per heavy atom. The number of ketones is 1. The molecular weight excluding hydrogens is 416 g/mol. The maximum atomic E-state index is 13.9. The number of carbonyl (C=O) groups is 2. The zero-order valence-corrected chi connectivity index (χ0v) is 16.9. The third-order valence-corrected chi connectivity index (χ3v) is 4.94. The van der Waals surface area contributed by atoms with Gasteiger partial charge >= 0.3 is 0 Å². The molecule has 6 nitrogen and oxygen atoms in total. The van der Waals surface area contributed by atoms with Crippen molar-refractivity contribution in [3.05, 3.63) is 106 Å². The van der Waals surface area contributed by atoms with Crippen LogP contribution in [0.1, 0.15) is 21.5 Å². The highest BCUT2D eigenvalue weighted by molar-refractivity contribution is 6.10. The van der Waals surface area contributed by atoms with Gasteiger partial charge in [0.2, 0.25) is 11.3 Å². The standard InChI is InChI=1S/C24H17F2N3O3/c1-14-2-5-21-17(10-14)24(32)18(23(31)15-6-8-27-9-7-15)12-29(21)13-22(30)28-20-11-16(25)3-4-19(20)26/h2-12H,13H2,1H3,(H,28,30). The van der Waals surface area contributed by atoms with E-state index >= 15 is 0 Å². The van der Waals surface area contributed by atoms with Crippen LogP contribution in [-0.2, 0) is 11.3 Å². The third-order valence-electron chi connectivity index (χ3n) is 4.94. The zero-order valence-electron chi connectivity index (χ0n) is 16.9. The molecule has 2 aromatic heterocycles. The molecule has 0 aliphatic rings. The van der Waals surface area contributed by atoms with Crippen LogP contribution in [0.5, 0.6) is 0 Å². The summed E-state index contributed by atoms with van der Waals surface area (Å²) in [6, 6.07) is 10.8. The van der Waals surface area contributed by atoms with E-state index in [2.05, 4.69) is 10.3 Å². The number of anilines is 1. The molecule has 2 aromatic carbocycles. The van der Waals surface area contributed by atoms with Crippen LogP contribution in [0.25, 0.3) is 10.9 Å². The second-order valence-electron chi connectivity index (χ2n) is 7.26. The number of pyridine rings is 2. The van der Waals surface area contributed by atoms with Gasteiger partial charge in [0.1, 0.15) is 18.2 Å². The Hall–Kier alpha value is -4.20. The molecule has 0 spiro atoms. The number of nitrogens with one attached hydrogen (secondary N) is 1. The third kappa shape index (κ3) is 4.15. The Labute approximate surface area is 181 Å². The van der Waals surface area contributed by atoms with E-state index in [0.29, 0.717) is 5.52 Å². The smallest absolute Gasteiger partial charge is 0.244 e. The molecule has 0 saturated heterocycles. The average molecular weight is 433 g/mol. The highest BCUT2D eigenvalue weighted by Crippen LogP contribution is 2.18. The molecule has 4 rings (SSSR count). The molecule has 0 aliphatic carbocycles. The lowest BCUT2D eigenvalue weighted by Crippen LogP contribution is -2.24. The molecule has 0 unspecified atom stereocenters. The zero-order chi connectivity index (χ0) is 22.8. The molecule has 2 heterocycles. The summed E-state index contributed by atoms with van der Waals surface area (Å²) in [6.07, 6.45) is 4.19. The van der Waals surface area contributed by atoms with Gasteiger partial charge in [-0.15, -0.1) is 0 Å². The predicted molar refractivity (Wildman–Crippen MR) is 116 cm³/mol. The molecule has 1 N–H and O–H groups in total. The first-order valence-electron chi connectivity index (χ1n) is 9.67. The van der Waals surface area contributed by atoms with Crippen molar-refractivity contribution in [3.63, 3.8) is 0 Å². The van der Waals surface area contributed by atoms with E-state index in [1.165, 1.54) is 35.3 Å². The van der Waals surface area contributed by atoms with E-state index in [0.717, 1.165) is 23.8 Å². The fourth-order valence-electron chi connectivity index (χ4n) is 3.40. The lowest BCUT2D eigenvalue weighted by molar-refractivity contribution is -0.116. The maximum Gasteiger partial charge on any atom is 0.244 e. The van der Waals surface area contributed by atoms with Crippen molar-refractivity contribution < 1.29 is 18.4 Å². The van der Waals surface area contributed by atoms with Gasteiger partial charge in [-0.3, -0.25) is 19.4 Å². The Balaban J connectivity index is 1.77. The van der Waals surface area contributed by atoms with E-state index in [1.54, 1.807) is 25.1 Å². The number of hydrogen-bond acceptors (Lipinski definition) is 4. The Kier molecular flexibility index (Phi) is 5.59. The van der Waals surface area contributed by atoms with E-state index < -0.39 is 28.8 Å². The predicted octanol–water partition coefficient (Wildman–Crippen LogP) is 3.85. The molecular formula is C24H17F2N3O3. The van der Waals surface area contributed by atoms with Crippen LogP contribution in [0.15, 0.2) is 71.9 Å². The minimum atomic E-state index is -0.784. The Morgan fingerprint density at radius 3 is 2.53 bits per heavy atom. The summed E-state index contributed by atoms with van der Waals surface area (Å²) in [6.45, 7) is 1.48. The molecule has 32 heavy (non-hydrogen) atoms. The van der Waals surface area contributed by atoms with Crippen molar-refractivity contribution in [2.45, 2.75) is 13.5 Å². The molecule has 0 fully saturated rings. The number of hydrogen-bond donors (Lipinski definition) is 1. The summed E-state index contributed by atoms with van der Waals surface area (Å²) in [5.41, 5.74) is 0.645. The lowest BCUT2D eigenvalue weighted by Gasteiger charge is -2.14. The van der Waals surface area contributed by atoms with Gasteiger partial charge in [0.15, 0.2) is 5.78 Å². The van der Waals surface area contributed by atoms with Gasteiger partial charge in [0, 0.05) is 35.6 Å². The van der Waals surface area contributed by atoms with E-state index in [1.807, 2.05) is 0 Å². The molecule has 1 amide bonds. The largest absolute Gasteiger partial charge is 0.337 e. The molecule has 0 atom stereocenters. The van der Waals surface area contributed by atoms with Gasteiger partial charge in [-0.1, -0.05) is 11.6 Å². The summed E-state index contributed by atoms with van der Waals surface area (Å²) in [5, 5.41) is 2.60. The quantitative estimate of drug-likeness (QED) is 0.485. The van der Waals surface area contributed by atoms with Crippen LogP contribution in [0.2, 0.25) is 0 Å². The van der Waals surface area contributed by atoms with Gasteiger partial charge in [0.25, 0.3) is 0 Å². The van der Waals surface area contributed by atoms with E-state index in [9.17, 15) is 23.2 Å². The average Bonchev–Trinajstić information content (AvgIpc) is 2.78. The second kappa shape index (κ2) is 8.50. The fraction of sp³-hybridized carbons (Fsp3) is 0.0833. The number of carbonyl (C=O) groups excluding carboxylic acids is 2. The Bertz CT molecular complexity index is 1420. The van der Waals surface area contributed by atoms with Crippen molar-refractivity contribution in [2.24, 2.45) is 0 Å². The SMILES string of the molecule is Cc1ccc2c(c1)c(=O)c(C(=O)c1ccncc1)cn2CC(=O)Nc1cc(F)ccc1F. The lowest BCUT2D eigenvalue weighted by atomic mass is 10.0. The maximum absolute atomic E-state index is 13.9. The number of nitrogens with zero attached hydrogens (tertiary/aromatic N) is 2. The Morgan fingerprint density at radius 1 is 1.03 bits per heavy atom. The first-order valence-corrected chi connectivity index (χ1v) is 9.67. The molecule has 4 aromatic rings. The monoisotopic (exact) mass is 433 g/mol. The van der Waals surface area contributed by atoms with Crippen LogP contribution in [0.4, 0.5) is 14.5 Å². The normalized spacial score (nSPS) is 10.8. The highest BCUT2D eigenvalue weighted by Gasteiger charge is 2.19. The first kappa shape index (κ1) is 21.0. The topological polar surface area (TPSA) is 81.1 Å².